The Morgan fingerprint density at radius 2 is 1.58 bits per heavy atom. The summed E-state index contributed by atoms with van der Waals surface area (Å²) in [6.07, 6.45) is 0. The van der Waals surface area contributed by atoms with Gasteiger partial charge in [0.1, 0.15) is 0 Å². The Morgan fingerprint density at radius 3 is 2.00 bits per heavy atom. The predicted octanol–water partition coefficient (Wildman–Crippen LogP) is -0.0125. The Hall–Kier alpha value is -1.02. The van der Waals surface area contributed by atoms with E-state index in [9.17, 15) is 14.7 Å². The second-order valence-corrected chi connectivity index (χ2v) is 6.25. The van der Waals surface area contributed by atoms with Crippen LogP contribution in [0.25, 0.3) is 0 Å². The van der Waals surface area contributed by atoms with Gasteiger partial charge < -0.3 is 20.6 Å². The highest BCUT2D eigenvalue weighted by Crippen LogP contribution is 2.11. The summed E-state index contributed by atoms with van der Waals surface area (Å²) < 4.78 is 0. The number of amides is 2. The van der Waals surface area contributed by atoms with Crippen LogP contribution in [0.5, 0.6) is 0 Å². The van der Waals surface area contributed by atoms with Gasteiger partial charge in [-0.15, -0.1) is 23.5 Å². The minimum absolute atomic E-state index is 0.0318. The number of carbonyl (C=O) groups is 2. The average molecular weight is 305 g/mol. The van der Waals surface area contributed by atoms with Crippen molar-refractivity contribution in [3.63, 3.8) is 0 Å². The smallest absolute Gasteiger partial charge is 0.230 e. The largest absolute Gasteiger partial charge is 0.495 e. The summed E-state index contributed by atoms with van der Waals surface area (Å²) >= 11 is 2.97. The molecule has 0 spiro atoms. The second kappa shape index (κ2) is 8.98. The van der Waals surface area contributed by atoms with E-state index in [4.69, 9.17) is 0 Å². The molecule has 0 aromatic carbocycles. The lowest BCUT2D eigenvalue weighted by atomic mass is 10.4. The summed E-state index contributed by atoms with van der Waals surface area (Å²) in [5.74, 6) is 0.647. The maximum absolute atomic E-state index is 11.5. The van der Waals surface area contributed by atoms with Crippen molar-refractivity contribution in [2.45, 2.75) is 0 Å². The van der Waals surface area contributed by atoms with Crippen molar-refractivity contribution in [3.8, 4) is 0 Å². The summed E-state index contributed by atoms with van der Waals surface area (Å²) in [5.41, 5.74) is 0. The summed E-state index contributed by atoms with van der Waals surface area (Å²) in [4.78, 5) is 24.6. The first-order valence-electron chi connectivity index (χ1n) is 5.91. The Labute approximate surface area is 121 Å². The van der Waals surface area contributed by atoms with Crippen molar-refractivity contribution >= 4 is 35.3 Å². The van der Waals surface area contributed by atoms with Crippen LogP contribution in [0.3, 0.4) is 0 Å². The molecule has 0 saturated carbocycles. The zero-order valence-corrected chi connectivity index (χ0v) is 12.3. The molecule has 1 fully saturated rings. The first-order chi connectivity index (χ1) is 9.09. The van der Waals surface area contributed by atoms with Gasteiger partial charge in [0.05, 0.1) is 11.5 Å². The molecule has 19 heavy (non-hydrogen) atoms. The van der Waals surface area contributed by atoms with Crippen LogP contribution < -0.4 is 10.6 Å². The van der Waals surface area contributed by atoms with Gasteiger partial charge in [-0.1, -0.05) is 0 Å². The number of thioether (sulfide) groups is 2. The van der Waals surface area contributed by atoms with Gasteiger partial charge in [0, 0.05) is 31.3 Å². The molecule has 0 radical (unpaired) electrons. The minimum Gasteiger partial charge on any atom is -0.495 e. The SMILES string of the molecule is C=C(O)N1CCNC(=O)CSCSCC(=O)NCC1. The Bertz CT molecular complexity index is 315. The monoisotopic (exact) mass is 305 g/mol. The molecule has 0 aromatic heterocycles. The first kappa shape index (κ1) is 16.0. The molecule has 0 aromatic rings. The van der Waals surface area contributed by atoms with E-state index >= 15 is 0 Å². The lowest BCUT2D eigenvalue weighted by Gasteiger charge is -2.23. The maximum Gasteiger partial charge on any atom is 0.230 e. The molecule has 0 bridgehead atoms. The molecule has 0 unspecified atom stereocenters. The topological polar surface area (TPSA) is 81.7 Å². The third-order valence-corrected chi connectivity index (χ3v) is 4.67. The third-order valence-electron chi connectivity index (χ3n) is 2.41. The number of rotatable bonds is 1. The van der Waals surface area contributed by atoms with Crippen LogP contribution in [0, 0.1) is 0 Å². The number of nitrogens with one attached hydrogen (secondary N) is 2. The van der Waals surface area contributed by atoms with Crippen molar-refractivity contribution < 1.29 is 14.7 Å². The quantitative estimate of drug-likeness (QED) is 0.591. The van der Waals surface area contributed by atoms with Gasteiger partial charge in [0.15, 0.2) is 5.88 Å². The lowest BCUT2D eigenvalue weighted by Crippen LogP contribution is -2.39. The number of hydrogen-bond acceptors (Lipinski definition) is 6. The molecule has 108 valence electrons. The van der Waals surface area contributed by atoms with Gasteiger partial charge in [-0.3, -0.25) is 9.59 Å². The normalized spacial score (nSPS) is 20.1. The van der Waals surface area contributed by atoms with Crippen LogP contribution in [0.1, 0.15) is 0 Å². The van der Waals surface area contributed by atoms with Gasteiger partial charge in [-0.2, -0.15) is 0 Å². The van der Waals surface area contributed by atoms with E-state index in [-0.39, 0.29) is 17.7 Å². The Balaban J connectivity index is 2.48. The molecule has 1 aliphatic rings. The van der Waals surface area contributed by atoms with E-state index in [1.54, 1.807) is 4.90 Å². The molecule has 0 aliphatic carbocycles. The van der Waals surface area contributed by atoms with Crippen LogP contribution in [-0.4, -0.2) is 64.6 Å². The van der Waals surface area contributed by atoms with E-state index in [1.165, 1.54) is 23.5 Å². The van der Waals surface area contributed by atoms with Crippen LogP contribution >= 0.6 is 23.5 Å². The van der Waals surface area contributed by atoms with Crippen molar-refractivity contribution in [1.29, 1.82) is 0 Å². The first-order valence-corrected chi connectivity index (χ1v) is 8.22. The van der Waals surface area contributed by atoms with Gasteiger partial charge >= 0.3 is 0 Å². The van der Waals surface area contributed by atoms with E-state index in [1.807, 2.05) is 0 Å². The molecule has 3 N–H and O–H groups in total. The Kier molecular flexibility index (Phi) is 7.57. The third kappa shape index (κ3) is 7.22. The fourth-order valence-corrected chi connectivity index (χ4v) is 3.17. The van der Waals surface area contributed by atoms with Gasteiger partial charge in [0.2, 0.25) is 11.8 Å². The highest BCUT2D eigenvalue weighted by Gasteiger charge is 2.10. The molecular formula is C11H19N3O3S2. The van der Waals surface area contributed by atoms with Crippen LogP contribution in [0.2, 0.25) is 0 Å². The molecular weight excluding hydrogens is 286 g/mol. The average Bonchev–Trinajstić information content (AvgIpc) is 2.35. The van der Waals surface area contributed by atoms with Gasteiger partial charge in [-0.05, 0) is 6.58 Å². The number of hydrogen-bond donors (Lipinski definition) is 3. The van der Waals surface area contributed by atoms with E-state index in [2.05, 4.69) is 17.2 Å². The Morgan fingerprint density at radius 1 is 1.11 bits per heavy atom. The zero-order chi connectivity index (χ0) is 14.1. The second-order valence-electron chi connectivity index (χ2n) is 3.92. The molecule has 2 amide bonds. The summed E-state index contributed by atoms with van der Waals surface area (Å²) in [6, 6.07) is 0. The number of nitrogens with zero attached hydrogens (tertiary/aromatic N) is 1. The van der Waals surface area contributed by atoms with Gasteiger partial charge in [-0.25, -0.2) is 0 Å². The van der Waals surface area contributed by atoms with E-state index in [0.29, 0.717) is 37.7 Å². The van der Waals surface area contributed by atoms with Crippen LogP contribution in [-0.2, 0) is 9.59 Å². The molecule has 0 atom stereocenters. The number of aliphatic hydroxyl groups is 1. The maximum atomic E-state index is 11.5. The minimum atomic E-state index is -0.0562. The number of carbonyl (C=O) groups excluding carboxylic acids is 2. The molecule has 1 rings (SSSR count). The standard InChI is InChI=1S/C11H19N3O3S2/c1-9(15)14-4-2-12-10(16)6-18-8-19-7-11(17)13-3-5-14/h15H,1-8H2,(H,12,16)(H,13,17). The molecule has 1 heterocycles. The van der Waals surface area contributed by atoms with E-state index < -0.39 is 0 Å². The highest BCUT2D eigenvalue weighted by atomic mass is 32.2. The molecule has 8 heteroatoms. The number of aliphatic hydroxyl groups excluding tert-OH is 1. The van der Waals surface area contributed by atoms with Crippen LogP contribution in [0.4, 0.5) is 0 Å². The highest BCUT2D eigenvalue weighted by molar-refractivity contribution is 8.16. The van der Waals surface area contributed by atoms with E-state index in [0.717, 1.165) is 5.08 Å². The predicted molar refractivity (Wildman–Crippen MR) is 79.1 cm³/mol. The summed E-state index contributed by atoms with van der Waals surface area (Å²) in [6.45, 7) is 5.29. The van der Waals surface area contributed by atoms with Crippen LogP contribution in [0.15, 0.2) is 12.5 Å². The fourth-order valence-electron chi connectivity index (χ4n) is 1.46. The lowest BCUT2D eigenvalue weighted by molar-refractivity contribution is -0.119. The molecule has 6 nitrogen and oxygen atoms in total. The fraction of sp³-hybridized carbons (Fsp3) is 0.636. The van der Waals surface area contributed by atoms with Gasteiger partial charge in [0.25, 0.3) is 0 Å². The molecule has 1 saturated heterocycles. The summed E-state index contributed by atoms with van der Waals surface area (Å²) in [7, 11) is 0. The van der Waals surface area contributed by atoms with Crippen molar-refractivity contribution in [2.24, 2.45) is 0 Å². The zero-order valence-electron chi connectivity index (χ0n) is 10.7. The summed E-state index contributed by atoms with van der Waals surface area (Å²) in [5, 5.41) is 15.7. The molecule has 1 aliphatic heterocycles. The van der Waals surface area contributed by atoms with Crippen molar-refractivity contribution in [1.82, 2.24) is 15.5 Å². The van der Waals surface area contributed by atoms with Crippen molar-refractivity contribution in [2.75, 3.05) is 42.8 Å². The van der Waals surface area contributed by atoms with Crippen molar-refractivity contribution in [3.05, 3.63) is 12.5 Å².